The predicted molar refractivity (Wildman–Crippen MR) is 141 cm³/mol. The number of rotatable bonds is 17. The Bertz CT molecular complexity index is 636. The van der Waals surface area contributed by atoms with E-state index in [0.29, 0.717) is 38.6 Å². The number of imide groups is 1. The van der Waals surface area contributed by atoms with Crippen LogP contribution in [0.25, 0.3) is 0 Å². The lowest BCUT2D eigenvalue weighted by Crippen LogP contribution is -2.39. The normalized spacial score (nSPS) is 24.0. The van der Waals surface area contributed by atoms with Crippen LogP contribution in [0.4, 0.5) is 0 Å². The Morgan fingerprint density at radius 2 is 1.82 bits per heavy atom. The average molecular weight is 536 g/mol. The van der Waals surface area contributed by atoms with Gasteiger partial charge < -0.3 is 20.5 Å². The molecule has 1 aliphatic heterocycles. The second kappa shape index (κ2) is 17.1. The molecule has 0 aromatic carbocycles. The molecule has 1 saturated heterocycles. The van der Waals surface area contributed by atoms with Crippen molar-refractivity contribution in [2.75, 3.05) is 32.0 Å². The Morgan fingerprint density at radius 3 is 2.53 bits per heavy atom. The van der Waals surface area contributed by atoms with E-state index in [1.807, 2.05) is 0 Å². The van der Waals surface area contributed by atoms with Crippen LogP contribution in [0.5, 0.6) is 0 Å². The minimum atomic E-state index is -1.57. The van der Waals surface area contributed by atoms with E-state index in [9.17, 15) is 14.4 Å². The van der Waals surface area contributed by atoms with Crippen molar-refractivity contribution in [1.82, 2.24) is 10.2 Å². The molecule has 11 heteroatoms. The van der Waals surface area contributed by atoms with Crippen molar-refractivity contribution in [3.05, 3.63) is 0 Å². The van der Waals surface area contributed by atoms with E-state index < -0.39 is 7.58 Å². The van der Waals surface area contributed by atoms with E-state index in [4.69, 9.17) is 15.2 Å². The molecule has 34 heavy (non-hydrogen) atoms. The zero-order valence-corrected chi connectivity index (χ0v) is 22.8. The van der Waals surface area contributed by atoms with Gasteiger partial charge in [-0.1, -0.05) is 31.5 Å². The van der Waals surface area contributed by atoms with Crippen LogP contribution in [0.1, 0.15) is 77.0 Å². The van der Waals surface area contributed by atoms with Gasteiger partial charge in [0.2, 0.25) is 25.3 Å². The SMILES string of the molecule is NCCCCCSC1CC(=O)N(CC2CCC(C(=O)NCCCCCCOP(O)S)CC2)C1=O. The fraction of sp³-hybridized carbons (Fsp3) is 0.870. The van der Waals surface area contributed by atoms with Gasteiger partial charge in [0.15, 0.2) is 0 Å². The second-order valence-corrected chi connectivity index (χ2v) is 12.4. The number of amides is 3. The monoisotopic (exact) mass is 535 g/mol. The number of thiol groups is 1. The highest BCUT2D eigenvalue weighted by Crippen LogP contribution is 2.36. The van der Waals surface area contributed by atoms with Gasteiger partial charge in [-0.3, -0.25) is 19.3 Å². The predicted octanol–water partition coefficient (Wildman–Crippen LogP) is 3.62. The summed E-state index contributed by atoms with van der Waals surface area (Å²) in [5, 5.41) is 2.83. The van der Waals surface area contributed by atoms with E-state index in [1.165, 1.54) is 4.90 Å². The first-order valence-electron chi connectivity index (χ1n) is 12.7. The first-order chi connectivity index (χ1) is 16.4. The molecule has 1 heterocycles. The number of nitrogens with zero attached hydrogens (tertiary/aromatic N) is 1. The number of carbonyl (C=O) groups excluding carboxylic acids is 3. The minimum absolute atomic E-state index is 0.0250. The van der Waals surface area contributed by atoms with Gasteiger partial charge in [-0.15, -0.1) is 11.8 Å². The van der Waals surface area contributed by atoms with Gasteiger partial charge in [-0.25, -0.2) is 0 Å². The molecule has 4 N–H and O–H groups in total. The molecule has 1 aliphatic carbocycles. The van der Waals surface area contributed by atoms with Gasteiger partial charge in [0.25, 0.3) is 0 Å². The third-order valence-electron chi connectivity index (χ3n) is 6.61. The molecule has 0 bridgehead atoms. The fourth-order valence-electron chi connectivity index (χ4n) is 4.57. The van der Waals surface area contributed by atoms with Crippen molar-refractivity contribution in [1.29, 1.82) is 0 Å². The third-order valence-corrected chi connectivity index (χ3v) is 8.66. The van der Waals surface area contributed by atoms with Gasteiger partial charge in [0, 0.05) is 25.4 Å². The van der Waals surface area contributed by atoms with Crippen LogP contribution in [-0.2, 0) is 18.9 Å². The van der Waals surface area contributed by atoms with Crippen LogP contribution < -0.4 is 11.1 Å². The Labute approximate surface area is 214 Å². The summed E-state index contributed by atoms with van der Waals surface area (Å²) in [5.41, 5.74) is 5.51. The van der Waals surface area contributed by atoms with Crippen molar-refractivity contribution in [3.8, 4) is 0 Å². The summed E-state index contributed by atoms with van der Waals surface area (Å²) in [6, 6.07) is 0. The Morgan fingerprint density at radius 1 is 1.12 bits per heavy atom. The first-order valence-corrected chi connectivity index (χ1v) is 16.1. The number of thioether (sulfide) groups is 1. The average Bonchev–Trinajstić information content (AvgIpc) is 3.08. The maximum absolute atomic E-state index is 12.7. The molecule has 0 radical (unpaired) electrons. The standard InChI is InChI=1S/C23H42N3O5PS2/c24-12-4-3-7-15-34-20-16-21(27)26(23(20)29)17-18-8-10-19(11-9-18)22(28)25-13-5-1-2-6-14-31-32(30)33/h18-20,30,33H,1-17,24H2,(H,25,28). The second-order valence-electron chi connectivity index (χ2n) is 9.26. The van der Waals surface area contributed by atoms with E-state index in [1.54, 1.807) is 11.8 Å². The summed E-state index contributed by atoms with van der Waals surface area (Å²) in [6.07, 6.45) is 10.6. The van der Waals surface area contributed by atoms with E-state index in [2.05, 4.69) is 17.6 Å². The van der Waals surface area contributed by atoms with Crippen LogP contribution >= 0.6 is 31.6 Å². The minimum Gasteiger partial charge on any atom is -0.356 e. The first kappa shape index (κ1) is 29.8. The highest BCUT2D eigenvalue weighted by atomic mass is 32.7. The van der Waals surface area contributed by atoms with Gasteiger partial charge in [0.1, 0.15) is 0 Å². The summed E-state index contributed by atoms with van der Waals surface area (Å²) in [6.45, 7) is 2.40. The van der Waals surface area contributed by atoms with Crippen molar-refractivity contribution in [2.24, 2.45) is 17.6 Å². The molecule has 3 amide bonds. The quantitative estimate of drug-likeness (QED) is 0.0971. The number of likely N-dealkylation sites (tertiary alicyclic amines) is 1. The van der Waals surface area contributed by atoms with Gasteiger partial charge in [0.05, 0.1) is 11.9 Å². The topological polar surface area (TPSA) is 122 Å². The van der Waals surface area contributed by atoms with Crippen molar-refractivity contribution in [2.45, 2.75) is 82.3 Å². The van der Waals surface area contributed by atoms with Gasteiger partial charge >= 0.3 is 0 Å². The summed E-state index contributed by atoms with van der Waals surface area (Å²) >= 11 is 5.42. The molecule has 1 saturated carbocycles. The Balaban J connectivity index is 1.57. The highest BCUT2D eigenvalue weighted by Gasteiger charge is 2.40. The molecule has 0 aromatic heterocycles. The summed E-state index contributed by atoms with van der Waals surface area (Å²) in [5.74, 6) is 1.28. The molecular weight excluding hydrogens is 493 g/mol. The molecule has 196 valence electrons. The zero-order valence-electron chi connectivity index (χ0n) is 20.2. The number of nitrogens with two attached hydrogens (primary N) is 1. The van der Waals surface area contributed by atoms with Gasteiger partial charge in [-0.2, -0.15) is 0 Å². The van der Waals surface area contributed by atoms with Crippen molar-refractivity contribution < 1.29 is 23.8 Å². The fourth-order valence-corrected chi connectivity index (χ4v) is 6.29. The molecule has 2 fully saturated rings. The van der Waals surface area contributed by atoms with E-state index >= 15 is 0 Å². The molecule has 8 nitrogen and oxygen atoms in total. The van der Waals surface area contributed by atoms with Crippen LogP contribution in [0.2, 0.25) is 0 Å². The van der Waals surface area contributed by atoms with E-state index in [0.717, 1.165) is 76.4 Å². The zero-order chi connectivity index (χ0) is 24.8. The van der Waals surface area contributed by atoms with Crippen molar-refractivity contribution in [3.63, 3.8) is 0 Å². The molecule has 2 aliphatic rings. The largest absolute Gasteiger partial charge is 0.356 e. The molecular formula is C23H42N3O5PS2. The lowest BCUT2D eigenvalue weighted by molar-refractivity contribution is -0.139. The Kier molecular flexibility index (Phi) is 15.0. The lowest BCUT2D eigenvalue weighted by atomic mass is 9.81. The number of nitrogens with one attached hydrogen (secondary N) is 1. The molecule has 2 atom stereocenters. The lowest BCUT2D eigenvalue weighted by Gasteiger charge is -2.30. The number of hydrogen-bond acceptors (Lipinski definition) is 8. The van der Waals surface area contributed by atoms with Crippen LogP contribution in [0.3, 0.4) is 0 Å². The highest BCUT2D eigenvalue weighted by molar-refractivity contribution is 8.41. The molecule has 2 unspecified atom stereocenters. The number of unbranched alkanes of at least 4 members (excludes halogenated alkanes) is 5. The van der Waals surface area contributed by atoms with E-state index in [-0.39, 0.29) is 28.9 Å². The number of carbonyl (C=O) groups is 3. The summed E-state index contributed by atoms with van der Waals surface area (Å²) in [7, 11) is -1.57. The molecule has 0 aromatic rings. The number of hydrogen-bond donors (Lipinski definition) is 4. The molecule has 0 spiro atoms. The maximum atomic E-state index is 12.7. The van der Waals surface area contributed by atoms with Crippen LogP contribution in [0.15, 0.2) is 0 Å². The molecule has 2 rings (SSSR count). The third kappa shape index (κ3) is 11.1. The van der Waals surface area contributed by atoms with Crippen LogP contribution in [-0.4, -0.2) is 64.8 Å². The Hall–Kier alpha value is -0.380. The van der Waals surface area contributed by atoms with Crippen molar-refractivity contribution >= 4 is 49.3 Å². The van der Waals surface area contributed by atoms with Crippen LogP contribution in [0, 0.1) is 11.8 Å². The van der Waals surface area contributed by atoms with Gasteiger partial charge in [-0.05, 0) is 69.6 Å². The smallest absolute Gasteiger partial charge is 0.242 e. The summed E-state index contributed by atoms with van der Waals surface area (Å²) in [4.78, 5) is 48.1. The maximum Gasteiger partial charge on any atom is 0.242 e. The summed E-state index contributed by atoms with van der Waals surface area (Å²) < 4.78 is 5.03.